The molecule has 0 atom stereocenters. The molecule has 208 valence electrons. The topological polar surface area (TPSA) is 89.6 Å². The summed E-state index contributed by atoms with van der Waals surface area (Å²) in [6, 6.07) is 13.1. The number of halogens is 5. The van der Waals surface area contributed by atoms with Gasteiger partial charge in [-0.25, -0.2) is 28.7 Å². The molecule has 0 unspecified atom stereocenters. The maximum atomic E-state index is 12.9. The number of anilines is 1. The standard InChI is InChI=1S/C14H15BrFN3.C10H14FN.C4H2BrFN2/c1-14(2,10-3-5-12(16)6-4-10)9-19-13-17-7-11(15)8-18-13;1-10(2,7-12)8-3-5-9(11)6-4-8;5-3-1-7-4(6)8-2-3/h3-8H,9H2,1-2H3,(H,17,18,19);3-6H,7,12H2,1-2H3;1-2H. The number of benzene rings is 2. The number of aromatic nitrogens is 4. The Morgan fingerprint density at radius 1 is 0.667 bits per heavy atom. The van der Waals surface area contributed by atoms with Gasteiger partial charge in [-0.3, -0.25) is 0 Å². The Morgan fingerprint density at radius 2 is 1.05 bits per heavy atom. The summed E-state index contributed by atoms with van der Waals surface area (Å²) in [6.45, 7) is 9.50. The molecule has 0 spiro atoms. The van der Waals surface area contributed by atoms with Crippen molar-refractivity contribution in [2.45, 2.75) is 38.5 Å². The normalized spacial score (nSPS) is 11.0. The average Bonchev–Trinajstić information content (AvgIpc) is 2.91. The Hall–Kier alpha value is -2.89. The Morgan fingerprint density at radius 3 is 1.44 bits per heavy atom. The van der Waals surface area contributed by atoms with Crippen molar-refractivity contribution in [3.63, 3.8) is 0 Å². The third-order valence-corrected chi connectivity index (χ3v) is 6.48. The number of hydrogen-bond donors (Lipinski definition) is 2. The molecule has 11 heteroatoms. The maximum Gasteiger partial charge on any atom is 0.308 e. The zero-order chi connectivity index (χ0) is 29.1. The second kappa shape index (κ2) is 15.0. The van der Waals surface area contributed by atoms with Crippen LogP contribution in [-0.4, -0.2) is 33.0 Å². The summed E-state index contributed by atoms with van der Waals surface area (Å²) in [6.07, 6.45) is 5.39. The predicted octanol–water partition coefficient (Wildman–Crippen LogP) is 7.21. The molecule has 0 saturated heterocycles. The van der Waals surface area contributed by atoms with E-state index in [9.17, 15) is 13.2 Å². The second-order valence-electron chi connectivity index (χ2n) is 9.73. The fourth-order valence-corrected chi connectivity index (χ4v) is 3.43. The summed E-state index contributed by atoms with van der Waals surface area (Å²) in [7, 11) is 0. The highest BCUT2D eigenvalue weighted by molar-refractivity contribution is 9.10. The van der Waals surface area contributed by atoms with Gasteiger partial charge in [0.15, 0.2) is 0 Å². The minimum absolute atomic E-state index is 0.0618. The van der Waals surface area contributed by atoms with Crippen LogP contribution in [0.2, 0.25) is 0 Å². The first kappa shape index (κ1) is 32.3. The summed E-state index contributed by atoms with van der Waals surface area (Å²) in [5, 5.41) is 3.19. The van der Waals surface area contributed by atoms with E-state index < -0.39 is 6.08 Å². The zero-order valence-electron chi connectivity index (χ0n) is 22.1. The summed E-state index contributed by atoms with van der Waals surface area (Å²) < 4.78 is 38.8. The largest absolute Gasteiger partial charge is 0.353 e. The predicted molar refractivity (Wildman–Crippen MR) is 156 cm³/mol. The van der Waals surface area contributed by atoms with Crippen LogP contribution in [0.25, 0.3) is 0 Å². The Labute approximate surface area is 244 Å². The molecule has 0 saturated carbocycles. The Balaban J connectivity index is 0.000000227. The quantitative estimate of drug-likeness (QED) is 0.211. The molecule has 2 aromatic carbocycles. The number of nitrogens with zero attached hydrogens (tertiary/aromatic N) is 4. The van der Waals surface area contributed by atoms with Gasteiger partial charge < -0.3 is 11.1 Å². The molecule has 0 amide bonds. The lowest BCUT2D eigenvalue weighted by atomic mass is 9.84. The van der Waals surface area contributed by atoms with Crippen LogP contribution in [0, 0.1) is 17.7 Å². The molecule has 3 N–H and O–H groups in total. The van der Waals surface area contributed by atoms with Crippen LogP contribution in [0.4, 0.5) is 19.1 Å². The fraction of sp³-hybridized carbons (Fsp3) is 0.286. The van der Waals surface area contributed by atoms with Crippen LogP contribution in [0.1, 0.15) is 38.8 Å². The molecule has 2 heterocycles. The number of nitrogens with one attached hydrogen (secondary N) is 1. The van der Waals surface area contributed by atoms with Gasteiger partial charge in [0, 0.05) is 48.7 Å². The average molecular weight is 668 g/mol. The van der Waals surface area contributed by atoms with Crippen molar-refractivity contribution >= 4 is 37.8 Å². The third-order valence-electron chi connectivity index (χ3n) is 5.66. The van der Waals surface area contributed by atoms with Gasteiger partial charge in [0.05, 0.1) is 8.95 Å². The summed E-state index contributed by atoms with van der Waals surface area (Å²) >= 11 is 6.34. The Kier molecular flexibility index (Phi) is 12.5. The molecule has 4 rings (SSSR count). The SMILES string of the molecule is CC(C)(CN)c1ccc(F)cc1.CC(C)(CNc1ncc(Br)cn1)c1ccc(F)cc1.Fc1ncc(Br)cn1. The summed E-state index contributed by atoms with van der Waals surface area (Å²) in [5.41, 5.74) is 7.53. The smallest absolute Gasteiger partial charge is 0.308 e. The summed E-state index contributed by atoms with van der Waals surface area (Å²) in [4.78, 5) is 14.8. The van der Waals surface area contributed by atoms with E-state index in [1.54, 1.807) is 36.7 Å². The number of hydrogen-bond acceptors (Lipinski definition) is 6. The van der Waals surface area contributed by atoms with Gasteiger partial charge in [0.2, 0.25) is 5.95 Å². The molecule has 0 aliphatic rings. The van der Waals surface area contributed by atoms with Gasteiger partial charge in [-0.2, -0.15) is 4.39 Å². The van der Waals surface area contributed by atoms with Crippen molar-refractivity contribution in [2.75, 3.05) is 18.4 Å². The van der Waals surface area contributed by atoms with Crippen molar-refractivity contribution in [2.24, 2.45) is 5.73 Å². The van der Waals surface area contributed by atoms with Crippen LogP contribution in [0.3, 0.4) is 0 Å². The van der Waals surface area contributed by atoms with Crippen LogP contribution < -0.4 is 11.1 Å². The first-order chi connectivity index (χ1) is 18.3. The molecule has 0 aliphatic heterocycles. The zero-order valence-corrected chi connectivity index (χ0v) is 25.3. The van der Waals surface area contributed by atoms with Gasteiger partial charge in [-0.15, -0.1) is 0 Å². The van der Waals surface area contributed by atoms with E-state index in [0.29, 0.717) is 23.5 Å². The molecular weight excluding hydrogens is 637 g/mol. The van der Waals surface area contributed by atoms with Crippen molar-refractivity contribution < 1.29 is 13.2 Å². The van der Waals surface area contributed by atoms with Crippen molar-refractivity contribution in [3.8, 4) is 0 Å². The van der Waals surface area contributed by atoms with Gasteiger partial charge in [-0.05, 0) is 67.3 Å². The number of rotatable bonds is 6. The maximum absolute atomic E-state index is 12.9. The minimum atomic E-state index is -0.701. The lowest BCUT2D eigenvalue weighted by Crippen LogP contribution is -2.28. The fourth-order valence-electron chi connectivity index (χ4n) is 3.02. The Bertz CT molecular complexity index is 1250. The lowest BCUT2D eigenvalue weighted by molar-refractivity contribution is 0.536. The summed E-state index contributed by atoms with van der Waals surface area (Å²) in [5.74, 6) is 0.161. The van der Waals surface area contributed by atoms with E-state index in [2.05, 4.69) is 71.0 Å². The highest BCUT2D eigenvalue weighted by Gasteiger charge is 2.21. The molecule has 0 aliphatic carbocycles. The highest BCUT2D eigenvalue weighted by atomic mass is 79.9. The van der Waals surface area contributed by atoms with E-state index in [0.717, 1.165) is 15.6 Å². The van der Waals surface area contributed by atoms with Crippen molar-refractivity contribution in [3.05, 3.63) is 111 Å². The van der Waals surface area contributed by atoms with E-state index in [4.69, 9.17) is 5.73 Å². The van der Waals surface area contributed by atoms with Gasteiger partial charge >= 0.3 is 6.08 Å². The van der Waals surface area contributed by atoms with Crippen LogP contribution in [-0.2, 0) is 10.8 Å². The van der Waals surface area contributed by atoms with Gasteiger partial charge in [-0.1, -0.05) is 52.0 Å². The molecule has 0 fully saturated rings. The van der Waals surface area contributed by atoms with Crippen LogP contribution in [0.15, 0.2) is 82.3 Å². The molecule has 2 aromatic heterocycles. The second-order valence-corrected chi connectivity index (χ2v) is 11.6. The van der Waals surface area contributed by atoms with Crippen molar-refractivity contribution in [1.29, 1.82) is 0 Å². The molecular formula is C28H31Br2F3N6. The van der Waals surface area contributed by atoms with E-state index >= 15 is 0 Å². The van der Waals surface area contributed by atoms with Crippen molar-refractivity contribution in [1.82, 2.24) is 19.9 Å². The first-order valence-electron chi connectivity index (χ1n) is 11.9. The van der Waals surface area contributed by atoms with Gasteiger partial charge in [0.1, 0.15) is 11.6 Å². The minimum Gasteiger partial charge on any atom is -0.353 e. The molecule has 0 radical (unpaired) electrons. The van der Waals surface area contributed by atoms with E-state index in [-0.39, 0.29) is 22.5 Å². The van der Waals surface area contributed by atoms with Crippen LogP contribution >= 0.6 is 31.9 Å². The molecule has 39 heavy (non-hydrogen) atoms. The third kappa shape index (κ3) is 11.4. The lowest BCUT2D eigenvalue weighted by Gasteiger charge is -2.25. The highest BCUT2D eigenvalue weighted by Crippen LogP contribution is 2.24. The van der Waals surface area contributed by atoms with E-state index in [1.165, 1.54) is 36.7 Å². The van der Waals surface area contributed by atoms with E-state index in [1.807, 2.05) is 13.8 Å². The molecule has 0 bridgehead atoms. The molecule has 6 nitrogen and oxygen atoms in total. The molecule has 4 aromatic rings. The van der Waals surface area contributed by atoms with Crippen LogP contribution in [0.5, 0.6) is 0 Å². The number of nitrogens with two attached hydrogens (primary N) is 1. The first-order valence-corrected chi connectivity index (χ1v) is 13.5. The van der Waals surface area contributed by atoms with Gasteiger partial charge in [0.25, 0.3) is 0 Å². The monoisotopic (exact) mass is 666 g/mol.